The Morgan fingerprint density at radius 2 is 2.13 bits per heavy atom. The molecule has 0 saturated heterocycles. The average Bonchev–Trinajstić information content (AvgIpc) is 2.24. The zero-order valence-corrected chi connectivity index (χ0v) is 8.93. The molecule has 0 unspecified atom stereocenters. The monoisotopic (exact) mass is 212 g/mol. The minimum absolute atomic E-state index is 0.115. The maximum Gasteiger partial charge on any atom is 0.335 e. The predicted molar refractivity (Wildman–Crippen MR) is 59.8 cm³/mol. The smallest absolute Gasteiger partial charge is 0.335 e. The third-order valence-corrected chi connectivity index (χ3v) is 1.09. The van der Waals surface area contributed by atoms with Crippen LogP contribution in [-0.4, -0.2) is 30.6 Å². The molecule has 0 aromatic carbocycles. The highest BCUT2D eigenvalue weighted by molar-refractivity contribution is 5.94. The summed E-state index contributed by atoms with van der Waals surface area (Å²) in [5.74, 6) is -1.01. The number of carboxylic acids is 1. The minimum atomic E-state index is -1.01. The van der Waals surface area contributed by atoms with Crippen molar-refractivity contribution in [3.05, 3.63) is 24.3 Å². The lowest BCUT2D eigenvalue weighted by Crippen LogP contribution is -1.98. The summed E-state index contributed by atoms with van der Waals surface area (Å²) < 4.78 is 0. The quantitative estimate of drug-likeness (QED) is 0.234. The van der Waals surface area contributed by atoms with Gasteiger partial charge in [-0.1, -0.05) is 19.6 Å². The van der Waals surface area contributed by atoms with E-state index in [2.05, 4.69) is 17.1 Å². The van der Waals surface area contributed by atoms with Crippen molar-refractivity contribution in [3.63, 3.8) is 0 Å². The van der Waals surface area contributed by atoms with E-state index in [9.17, 15) is 9.59 Å². The molecule has 5 heteroatoms. The summed E-state index contributed by atoms with van der Waals surface area (Å²) >= 11 is 0. The second-order valence-electron chi connectivity index (χ2n) is 2.21. The topological polar surface area (TPSA) is 78.8 Å². The maximum atomic E-state index is 10.3. The molecular weight excluding hydrogens is 196 g/mol. The van der Waals surface area contributed by atoms with Crippen LogP contribution in [0, 0.1) is 0 Å². The van der Waals surface area contributed by atoms with E-state index in [1.807, 2.05) is 6.92 Å². The molecule has 0 atom stereocenters. The lowest BCUT2D eigenvalue weighted by atomic mass is 10.2. The summed E-state index contributed by atoms with van der Waals surface area (Å²) in [5, 5.41) is 12.0. The fourth-order valence-electron chi connectivity index (χ4n) is 0.419. The van der Waals surface area contributed by atoms with E-state index in [0.717, 1.165) is 6.29 Å². The number of nitrogens with zero attached hydrogens (tertiary/aromatic N) is 1. The number of rotatable bonds is 5. The zero-order valence-electron chi connectivity index (χ0n) is 8.93. The Labute approximate surface area is 89.2 Å². The fourth-order valence-corrected chi connectivity index (χ4v) is 0.419. The van der Waals surface area contributed by atoms with Crippen molar-refractivity contribution in [3.8, 4) is 0 Å². The van der Waals surface area contributed by atoms with E-state index in [-0.39, 0.29) is 5.57 Å². The van der Waals surface area contributed by atoms with Crippen LogP contribution >= 0.6 is 0 Å². The molecule has 0 bridgehead atoms. The first-order chi connectivity index (χ1) is 7.13. The van der Waals surface area contributed by atoms with Crippen LogP contribution in [0.2, 0.25) is 0 Å². The van der Waals surface area contributed by atoms with Crippen LogP contribution in [0.25, 0.3) is 0 Å². The number of hydrogen-bond acceptors (Lipinski definition) is 4. The number of aldehydes is 1. The average molecular weight is 212 g/mol. The number of aliphatic carboxylic acids is 1. The molecule has 0 rings (SSSR count). The molecule has 0 aromatic rings. The highest BCUT2D eigenvalue weighted by Gasteiger charge is 1.98. The van der Waals surface area contributed by atoms with Gasteiger partial charge < -0.3 is 15.3 Å². The lowest BCUT2D eigenvalue weighted by molar-refractivity contribution is -0.132. The molecule has 5 nitrogen and oxygen atoms in total. The second-order valence-corrected chi connectivity index (χ2v) is 2.21. The van der Waals surface area contributed by atoms with Gasteiger partial charge in [-0.15, -0.1) is 0 Å². The summed E-state index contributed by atoms with van der Waals surface area (Å²) in [5.41, 5.74) is 2.60. The molecule has 0 spiro atoms. The number of hydrogen-bond donors (Lipinski definition) is 2. The molecule has 0 aliphatic rings. The summed E-state index contributed by atoms with van der Waals surface area (Å²) in [6, 6.07) is 0. The normalized spacial score (nSPS) is 10.1. The van der Waals surface area contributed by atoms with Crippen molar-refractivity contribution in [1.82, 2.24) is 5.43 Å². The third-order valence-electron chi connectivity index (χ3n) is 1.09. The Bertz CT molecular complexity index is 257. The number of hydrazone groups is 1. The zero-order chi connectivity index (χ0) is 12.1. The molecule has 0 saturated carbocycles. The standard InChI is InChI=1S/C7H10N2O2.C3H6O/c1-3-6(7(10)11)4-5-9-8-2;1-2-3-4/h3-5,8H,1H2,2H3,(H,10,11);3H,2H2,1H3/b6-4+,9-5-;. The molecule has 0 amide bonds. The van der Waals surface area contributed by atoms with E-state index in [0.29, 0.717) is 6.42 Å². The number of carboxylic acid groups (broad SMARTS) is 1. The van der Waals surface area contributed by atoms with Gasteiger partial charge in [0.1, 0.15) is 6.29 Å². The van der Waals surface area contributed by atoms with E-state index >= 15 is 0 Å². The van der Waals surface area contributed by atoms with Crippen molar-refractivity contribution in [2.24, 2.45) is 5.10 Å². The summed E-state index contributed by atoms with van der Waals surface area (Å²) in [6.07, 6.45) is 5.47. The van der Waals surface area contributed by atoms with Crippen LogP contribution in [0.3, 0.4) is 0 Å². The third kappa shape index (κ3) is 12.1. The summed E-state index contributed by atoms with van der Waals surface area (Å²) in [6.45, 7) is 5.14. The van der Waals surface area contributed by atoms with Crippen molar-refractivity contribution in [2.45, 2.75) is 13.3 Å². The Morgan fingerprint density at radius 3 is 2.40 bits per heavy atom. The van der Waals surface area contributed by atoms with Crippen molar-refractivity contribution >= 4 is 18.5 Å². The molecule has 0 aromatic heterocycles. The summed E-state index contributed by atoms with van der Waals surface area (Å²) in [4.78, 5) is 19.5. The highest BCUT2D eigenvalue weighted by atomic mass is 16.4. The molecule has 0 radical (unpaired) electrons. The molecular formula is C10H16N2O3. The Hall–Kier alpha value is -1.91. The molecule has 84 valence electrons. The van der Waals surface area contributed by atoms with Gasteiger partial charge in [-0.05, 0) is 6.08 Å². The molecule has 2 N–H and O–H groups in total. The Balaban J connectivity index is 0. The number of carbonyl (C=O) groups excluding carboxylic acids is 1. The molecule has 15 heavy (non-hydrogen) atoms. The van der Waals surface area contributed by atoms with Crippen molar-refractivity contribution < 1.29 is 14.7 Å². The van der Waals surface area contributed by atoms with Gasteiger partial charge in [-0.25, -0.2) is 4.79 Å². The molecule has 0 aliphatic heterocycles. The highest BCUT2D eigenvalue weighted by Crippen LogP contribution is 1.92. The van der Waals surface area contributed by atoms with Crippen LogP contribution in [0.1, 0.15) is 13.3 Å². The first-order valence-electron chi connectivity index (χ1n) is 4.33. The Kier molecular flexibility index (Phi) is 12.5. The Morgan fingerprint density at radius 1 is 1.60 bits per heavy atom. The van der Waals surface area contributed by atoms with Crippen LogP contribution < -0.4 is 5.43 Å². The van der Waals surface area contributed by atoms with E-state index in [4.69, 9.17) is 5.11 Å². The van der Waals surface area contributed by atoms with Crippen molar-refractivity contribution in [2.75, 3.05) is 7.05 Å². The maximum absolute atomic E-state index is 10.3. The summed E-state index contributed by atoms with van der Waals surface area (Å²) in [7, 11) is 1.62. The van der Waals surface area contributed by atoms with Gasteiger partial charge in [-0.2, -0.15) is 5.10 Å². The van der Waals surface area contributed by atoms with Gasteiger partial charge in [0.2, 0.25) is 0 Å². The first-order valence-corrected chi connectivity index (χ1v) is 4.33. The number of carbonyl (C=O) groups is 2. The van der Waals surface area contributed by atoms with E-state index in [1.54, 1.807) is 7.05 Å². The number of nitrogens with one attached hydrogen (secondary N) is 1. The van der Waals surface area contributed by atoms with Gasteiger partial charge in [0, 0.05) is 19.7 Å². The van der Waals surface area contributed by atoms with Crippen LogP contribution in [-0.2, 0) is 9.59 Å². The molecule has 0 aliphatic carbocycles. The number of allylic oxidation sites excluding steroid dienone is 1. The predicted octanol–water partition coefficient (Wildman–Crippen LogP) is 0.984. The molecule has 0 heterocycles. The molecule has 0 fully saturated rings. The van der Waals surface area contributed by atoms with Gasteiger partial charge in [0.05, 0.1) is 5.57 Å². The van der Waals surface area contributed by atoms with Crippen molar-refractivity contribution in [1.29, 1.82) is 0 Å². The van der Waals surface area contributed by atoms with E-state index in [1.165, 1.54) is 18.4 Å². The van der Waals surface area contributed by atoms with Crippen LogP contribution in [0.5, 0.6) is 0 Å². The van der Waals surface area contributed by atoms with Gasteiger partial charge in [-0.3, -0.25) is 0 Å². The van der Waals surface area contributed by atoms with Gasteiger partial charge in [0.15, 0.2) is 0 Å². The lowest BCUT2D eigenvalue weighted by Gasteiger charge is -1.88. The van der Waals surface area contributed by atoms with E-state index < -0.39 is 5.97 Å². The van der Waals surface area contributed by atoms with Gasteiger partial charge in [0.25, 0.3) is 0 Å². The van der Waals surface area contributed by atoms with Gasteiger partial charge >= 0.3 is 5.97 Å². The second kappa shape index (κ2) is 12.1. The van der Waals surface area contributed by atoms with Crippen LogP contribution in [0.15, 0.2) is 29.4 Å². The van der Waals surface area contributed by atoms with Crippen LogP contribution in [0.4, 0.5) is 0 Å². The largest absolute Gasteiger partial charge is 0.478 e. The SMILES string of the molecule is C=C/C(=C\C=N/NC)C(=O)O.CCC=O. The fraction of sp³-hybridized carbons (Fsp3) is 0.300. The minimum Gasteiger partial charge on any atom is -0.478 e. The first kappa shape index (κ1) is 15.6.